The van der Waals surface area contributed by atoms with Gasteiger partial charge < -0.3 is 5.32 Å². The first-order valence-corrected chi connectivity index (χ1v) is 7.46. The molecule has 2 nitrogen and oxygen atoms in total. The van der Waals surface area contributed by atoms with Crippen molar-refractivity contribution in [2.24, 2.45) is 0 Å². The fraction of sp³-hybridized carbons (Fsp3) is 0.615. The van der Waals surface area contributed by atoms with E-state index >= 15 is 0 Å². The van der Waals surface area contributed by atoms with E-state index in [-0.39, 0.29) is 11.9 Å². The minimum absolute atomic E-state index is 0.166. The molecule has 1 aromatic rings. The third kappa shape index (κ3) is 6.03. The third-order valence-corrected chi connectivity index (χ3v) is 3.40. The molecule has 0 aliphatic heterocycles. The maximum Gasteiger partial charge on any atom is 0.141 e. The number of pyridine rings is 1. The normalized spacial score (nSPS) is 12.6. The Morgan fingerprint density at radius 2 is 2.18 bits per heavy atom. The minimum Gasteiger partial charge on any atom is -0.310 e. The monoisotopic (exact) mass is 256 g/mol. The van der Waals surface area contributed by atoms with Gasteiger partial charge in [-0.1, -0.05) is 6.42 Å². The molecular formula is C13H21FN2S. The summed E-state index contributed by atoms with van der Waals surface area (Å²) in [6, 6.07) is 1.71. The Morgan fingerprint density at radius 3 is 2.88 bits per heavy atom. The number of hydrogen-bond donors (Lipinski definition) is 1. The predicted octanol–water partition coefficient (Wildman–Crippen LogP) is 3.40. The number of aromatic nitrogens is 1. The van der Waals surface area contributed by atoms with Crippen molar-refractivity contribution in [3.05, 3.63) is 29.8 Å². The van der Waals surface area contributed by atoms with Crippen molar-refractivity contribution in [2.75, 3.05) is 18.6 Å². The fourth-order valence-electron chi connectivity index (χ4n) is 1.65. The van der Waals surface area contributed by atoms with Gasteiger partial charge in [0.1, 0.15) is 5.82 Å². The topological polar surface area (TPSA) is 24.9 Å². The van der Waals surface area contributed by atoms with E-state index in [1.165, 1.54) is 31.2 Å². The molecule has 1 aromatic heterocycles. The largest absolute Gasteiger partial charge is 0.310 e. The van der Waals surface area contributed by atoms with Gasteiger partial charge in [-0.15, -0.1) is 0 Å². The molecule has 0 fully saturated rings. The van der Waals surface area contributed by atoms with Crippen LogP contribution in [0.25, 0.3) is 0 Å². The number of rotatable bonds is 8. The van der Waals surface area contributed by atoms with E-state index in [1.54, 1.807) is 12.3 Å². The number of halogens is 1. The average Bonchev–Trinajstić information content (AvgIpc) is 2.33. The Kier molecular flexibility index (Phi) is 7.21. The third-order valence-electron chi connectivity index (χ3n) is 2.70. The van der Waals surface area contributed by atoms with Crippen molar-refractivity contribution in [2.45, 2.75) is 32.2 Å². The van der Waals surface area contributed by atoms with Crippen LogP contribution in [0.3, 0.4) is 0 Å². The SMILES string of the molecule is CSCCCCCNC(C)c1cncc(F)c1. The van der Waals surface area contributed by atoms with Crippen molar-refractivity contribution < 1.29 is 4.39 Å². The van der Waals surface area contributed by atoms with E-state index in [0.717, 1.165) is 12.1 Å². The van der Waals surface area contributed by atoms with E-state index in [0.29, 0.717) is 0 Å². The Labute approximate surface area is 107 Å². The van der Waals surface area contributed by atoms with Crippen molar-refractivity contribution in [1.29, 1.82) is 0 Å². The van der Waals surface area contributed by atoms with Crippen molar-refractivity contribution in [1.82, 2.24) is 10.3 Å². The van der Waals surface area contributed by atoms with Gasteiger partial charge in [0, 0.05) is 12.2 Å². The molecule has 0 aromatic carbocycles. The Morgan fingerprint density at radius 1 is 1.35 bits per heavy atom. The molecule has 0 radical (unpaired) electrons. The number of unbranched alkanes of at least 4 members (excludes halogenated alkanes) is 2. The Bertz CT molecular complexity index is 320. The number of thioether (sulfide) groups is 1. The molecular weight excluding hydrogens is 235 g/mol. The molecule has 4 heteroatoms. The molecule has 0 amide bonds. The van der Waals surface area contributed by atoms with Crippen LogP contribution < -0.4 is 5.32 Å². The molecule has 1 unspecified atom stereocenters. The summed E-state index contributed by atoms with van der Waals surface area (Å²) in [5, 5.41) is 3.39. The van der Waals surface area contributed by atoms with Crippen LogP contribution in [0, 0.1) is 5.82 Å². The lowest BCUT2D eigenvalue weighted by molar-refractivity contribution is 0.537. The Hall–Kier alpha value is -0.610. The molecule has 1 atom stereocenters. The van der Waals surface area contributed by atoms with E-state index in [9.17, 15) is 4.39 Å². The average molecular weight is 256 g/mol. The van der Waals surface area contributed by atoms with Gasteiger partial charge in [-0.2, -0.15) is 11.8 Å². The summed E-state index contributed by atoms with van der Waals surface area (Å²) in [7, 11) is 0. The predicted molar refractivity (Wildman–Crippen MR) is 72.8 cm³/mol. The highest BCUT2D eigenvalue weighted by molar-refractivity contribution is 7.98. The fourth-order valence-corrected chi connectivity index (χ4v) is 2.14. The lowest BCUT2D eigenvalue weighted by Gasteiger charge is -2.13. The highest BCUT2D eigenvalue weighted by Gasteiger charge is 2.05. The highest BCUT2D eigenvalue weighted by Crippen LogP contribution is 2.12. The van der Waals surface area contributed by atoms with Crippen molar-refractivity contribution in [3.8, 4) is 0 Å². The zero-order chi connectivity index (χ0) is 12.5. The smallest absolute Gasteiger partial charge is 0.141 e. The first kappa shape index (κ1) is 14.5. The number of nitrogens with one attached hydrogen (secondary N) is 1. The second-order valence-corrected chi connectivity index (χ2v) is 5.15. The van der Waals surface area contributed by atoms with E-state index in [4.69, 9.17) is 0 Å². The first-order valence-electron chi connectivity index (χ1n) is 6.07. The zero-order valence-corrected chi connectivity index (χ0v) is 11.4. The van der Waals surface area contributed by atoms with Crippen LogP contribution in [0.15, 0.2) is 18.5 Å². The Balaban J connectivity index is 2.19. The van der Waals surface area contributed by atoms with Crippen LogP contribution in [-0.2, 0) is 0 Å². The van der Waals surface area contributed by atoms with Crippen LogP contribution in [0.5, 0.6) is 0 Å². The second-order valence-electron chi connectivity index (χ2n) is 4.17. The molecule has 1 heterocycles. The molecule has 1 rings (SSSR count). The molecule has 0 saturated heterocycles. The molecule has 0 saturated carbocycles. The van der Waals surface area contributed by atoms with Gasteiger partial charge in [-0.25, -0.2) is 4.39 Å². The van der Waals surface area contributed by atoms with Crippen LogP contribution in [0.2, 0.25) is 0 Å². The maximum atomic E-state index is 13.0. The molecule has 0 bridgehead atoms. The van der Waals surface area contributed by atoms with Crippen LogP contribution >= 0.6 is 11.8 Å². The molecule has 0 aliphatic carbocycles. The van der Waals surface area contributed by atoms with Gasteiger partial charge in [-0.3, -0.25) is 4.98 Å². The summed E-state index contributed by atoms with van der Waals surface area (Å²) in [6.45, 7) is 3.02. The summed E-state index contributed by atoms with van der Waals surface area (Å²) in [4.78, 5) is 3.86. The number of nitrogens with zero attached hydrogens (tertiary/aromatic N) is 1. The highest BCUT2D eigenvalue weighted by atomic mass is 32.2. The lowest BCUT2D eigenvalue weighted by atomic mass is 10.1. The van der Waals surface area contributed by atoms with E-state index in [1.807, 2.05) is 18.7 Å². The summed E-state index contributed by atoms with van der Waals surface area (Å²) in [6.07, 6.45) is 8.79. The van der Waals surface area contributed by atoms with Gasteiger partial charge in [0.25, 0.3) is 0 Å². The molecule has 0 aliphatic rings. The van der Waals surface area contributed by atoms with E-state index < -0.39 is 0 Å². The minimum atomic E-state index is -0.267. The lowest BCUT2D eigenvalue weighted by Crippen LogP contribution is -2.20. The van der Waals surface area contributed by atoms with Crippen molar-refractivity contribution in [3.63, 3.8) is 0 Å². The van der Waals surface area contributed by atoms with Crippen LogP contribution in [0.4, 0.5) is 4.39 Å². The van der Waals surface area contributed by atoms with Crippen molar-refractivity contribution >= 4 is 11.8 Å². The van der Waals surface area contributed by atoms with Crippen LogP contribution in [-0.4, -0.2) is 23.5 Å². The maximum absolute atomic E-state index is 13.0. The molecule has 1 N–H and O–H groups in total. The number of hydrogen-bond acceptors (Lipinski definition) is 3. The van der Waals surface area contributed by atoms with Gasteiger partial charge in [0.15, 0.2) is 0 Å². The molecule has 17 heavy (non-hydrogen) atoms. The van der Waals surface area contributed by atoms with Gasteiger partial charge in [-0.05, 0) is 49.9 Å². The zero-order valence-electron chi connectivity index (χ0n) is 10.6. The van der Waals surface area contributed by atoms with Gasteiger partial charge in [0.2, 0.25) is 0 Å². The first-order chi connectivity index (χ1) is 8.24. The standard InChI is InChI=1S/C13H21FN2S/c1-11(12-8-13(14)10-15-9-12)16-6-4-3-5-7-17-2/h8-11,16H,3-7H2,1-2H3. The molecule has 0 spiro atoms. The summed E-state index contributed by atoms with van der Waals surface area (Å²) >= 11 is 1.89. The van der Waals surface area contributed by atoms with Crippen LogP contribution in [0.1, 0.15) is 37.8 Å². The summed E-state index contributed by atoms with van der Waals surface area (Å²) < 4.78 is 13.0. The van der Waals surface area contributed by atoms with Gasteiger partial charge in [0.05, 0.1) is 6.20 Å². The van der Waals surface area contributed by atoms with E-state index in [2.05, 4.69) is 16.6 Å². The summed E-state index contributed by atoms with van der Waals surface area (Å²) in [5.41, 5.74) is 0.911. The molecule has 96 valence electrons. The quantitative estimate of drug-likeness (QED) is 0.722. The summed E-state index contributed by atoms with van der Waals surface area (Å²) in [5.74, 6) is 0.972. The van der Waals surface area contributed by atoms with Gasteiger partial charge >= 0.3 is 0 Å². The second kappa shape index (κ2) is 8.48.